The number of morpholine rings is 1. The molecule has 1 atom stereocenters. The molecule has 2 heterocycles. The van der Waals surface area contributed by atoms with Gasteiger partial charge in [0.2, 0.25) is 17.8 Å². The van der Waals surface area contributed by atoms with Crippen molar-refractivity contribution in [3.8, 4) is 0 Å². The van der Waals surface area contributed by atoms with Gasteiger partial charge in [-0.15, -0.1) is 0 Å². The highest BCUT2D eigenvalue weighted by Gasteiger charge is 2.23. The Morgan fingerprint density at radius 1 is 1.27 bits per heavy atom. The highest BCUT2D eigenvalue weighted by molar-refractivity contribution is 5.45. The van der Waals surface area contributed by atoms with Crippen LogP contribution in [0.3, 0.4) is 0 Å². The summed E-state index contributed by atoms with van der Waals surface area (Å²) in [5.74, 6) is 1.69. The van der Waals surface area contributed by atoms with Gasteiger partial charge in [-0.05, 0) is 27.7 Å². The highest BCUT2D eigenvalue weighted by atomic mass is 16.5. The van der Waals surface area contributed by atoms with Crippen LogP contribution < -0.4 is 15.5 Å². The lowest BCUT2D eigenvalue weighted by Gasteiger charge is -2.32. The number of ether oxygens (including phenoxy) is 1. The number of nitrogens with zero attached hydrogens (tertiary/aromatic N) is 4. The van der Waals surface area contributed by atoms with E-state index in [1.54, 1.807) is 0 Å². The Bertz CT molecular complexity index is 491. The third kappa shape index (κ3) is 4.67. The topological polar surface area (TPSA) is 95.4 Å². The molecule has 0 aromatic carbocycles. The van der Waals surface area contributed by atoms with Crippen LogP contribution >= 0.6 is 0 Å². The summed E-state index contributed by atoms with van der Waals surface area (Å²) in [5, 5.41) is 15.7. The summed E-state index contributed by atoms with van der Waals surface area (Å²) >= 11 is 0. The molecule has 1 aliphatic rings. The molecule has 1 aliphatic heterocycles. The van der Waals surface area contributed by atoms with Crippen LogP contribution in [0.2, 0.25) is 0 Å². The van der Waals surface area contributed by atoms with E-state index in [0.717, 1.165) is 6.54 Å². The second-order valence-electron chi connectivity index (χ2n) is 6.31. The standard InChI is InChI=1S/C14H26N6O2/c1-5-15-11-16-12(19-14(2,3)4)18-13(17-11)20-6-7-22-10(8-20)9-21/h10,21H,5-9H2,1-4H3,(H2,15,16,17,18,19). The Morgan fingerprint density at radius 2 is 2.00 bits per heavy atom. The summed E-state index contributed by atoms with van der Waals surface area (Å²) in [6, 6.07) is 0. The lowest BCUT2D eigenvalue weighted by Crippen LogP contribution is -2.45. The van der Waals surface area contributed by atoms with E-state index >= 15 is 0 Å². The number of aliphatic hydroxyl groups excluding tert-OH is 1. The van der Waals surface area contributed by atoms with E-state index in [1.165, 1.54) is 0 Å². The van der Waals surface area contributed by atoms with E-state index in [9.17, 15) is 5.11 Å². The molecule has 3 N–H and O–H groups in total. The molecule has 0 amide bonds. The van der Waals surface area contributed by atoms with Crippen LogP contribution in [-0.2, 0) is 4.74 Å². The zero-order valence-corrected chi connectivity index (χ0v) is 13.8. The van der Waals surface area contributed by atoms with Crippen molar-refractivity contribution in [2.45, 2.75) is 39.3 Å². The molecule has 1 aromatic rings. The summed E-state index contributed by atoms with van der Waals surface area (Å²) in [6.45, 7) is 10.7. The van der Waals surface area contributed by atoms with Gasteiger partial charge in [-0.25, -0.2) is 0 Å². The van der Waals surface area contributed by atoms with E-state index < -0.39 is 0 Å². The summed E-state index contributed by atoms with van der Waals surface area (Å²) < 4.78 is 5.47. The Labute approximate surface area is 131 Å². The molecule has 0 spiro atoms. The predicted octanol–water partition coefficient (Wildman–Crippen LogP) is 0.711. The van der Waals surface area contributed by atoms with E-state index in [2.05, 4.69) is 46.4 Å². The Kier molecular flexibility index (Phi) is 5.36. The van der Waals surface area contributed by atoms with Crippen LogP contribution in [-0.4, -0.2) is 64.5 Å². The molecule has 124 valence electrons. The van der Waals surface area contributed by atoms with E-state index in [0.29, 0.717) is 37.5 Å². The van der Waals surface area contributed by atoms with Gasteiger partial charge < -0.3 is 25.4 Å². The molecule has 2 rings (SSSR count). The maximum absolute atomic E-state index is 9.27. The van der Waals surface area contributed by atoms with Gasteiger partial charge in [0.15, 0.2) is 0 Å². The molecule has 1 fully saturated rings. The lowest BCUT2D eigenvalue weighted by molar-refractivity contribution is 0.00314. The van der Waals surface area contributed by atoms with Crippen molar-refractivity contribution >= 4 is 17.8 Å². The minimum absolute atomic E-state index is 0.00521. The van der Waals surface area contributed by atoms with Gasteiger partial charge in [0.1, 0.15) is 0 Å². The third-order valence-electron chi connectivity index (χ3n) is 3.07. The maximum Gasteiger partial charge on any atom is 0.232 e. The SMILES string of the molecule is CCNc1nc(NC(C)(C)C)nc(N2CCOC(CO)C2)n1. The van der Waals surface area contributed by atoms with E-state index in [1.807, 2.05) is 11.8 Å². The Morgan fingerprint density at radius 3 is 2.64 bits per heavy atom. The number of anilines is 3. The van der Waals surface area contributed by atoms with Crippen molar-refractivity contribution in [1.82, 2.24) is 15.0 Å². The second kappa shape index (κ2) is 7.06. The van der Waals surface area contributed by atoms with Gasteiger partial charge in [0.25, 0.3) is 0 Å². The fourth-order valence-corrected chi connectivity index (χ4v) is 2.15. The molecule has 8 nitrogen and oxygen atoms in total. The normalized spacial score (nSPS) is 19.1. The number of aliphatic hydroxyl groups is 1. The zero-order chi connectivity index (χ0) is 16.2. The Balaban J connectivity index is 2.25. The minimum Gasteiger partial charge on any atom is -0.394 e. The van der Waals surface area contributed by atoms with Crippen molar-refractivity contribution < 1.29 is 9.84 Å². The van der Waals surface area contributed by atoms with Crippen LogP contribution in [0, 0.1) is 0 Å². The first-order valence-electron chi connectivity index (χ1n) is 7.67. The summed E-state index contributed by atoms with van der Waals surface area (Å²) in [4.78, 5) is 15.4. The van der Waals surface area contributed by atoms with Gasteiger partial charge >= 0.3 is 0 Å². The van der Waals surface area contributed by atoms with Crippen LogP contribution in [0.1, 0.15) is 27.7 Å². The number of nitrogens with one attached hydrogen (secondary N) is 2. The average Bonchev–Trinajstić information content (AvgIpc) is 2.45. The number of rotatable bonds is 5. The average molecular weight is 310 g/mol. The first kappa shape index (κ1) is 16.7. The lowest BCUT2D eigenvalue weighted by atomic mass is 10.1. The van der Waals surface area contributed by atoms with Crippen LogP contribution in [0.5, 0.6) is 0 Å². The number of hydrogen-bond acceptors (Lipinski definition) is 8. The van der Waals surface area contributed by atoms with Gasteiger partial charge in [0, 0.05) is 25.2 Å². The summed E-state index contributed by atoms with van der Waals surface area (Å²) in [5.41, 5.74) is -0.138. The molecule has 22 heavy (non-hydrogen) atoms. The molecule has 1 saturated heterocycles. The second-order valence-corrected chi connectivity index (χ2v) is 6.31. The monoisotopic (exact) mass is 310 g/mol. The zero-order valence-electron chi connectivity index (χ0n) is 13.8. The van der Waals surface area contributed by atoms with Crippen molar-refractivity contribution in [1.29, 1.82) is 0 Å². The molecule has 0 saturated carbocycles. The van der Waals surface area contributed by atoms with Crippen LogP contribution in [0.4, 0.5) is 17.8 Å². The molecule has 0 radical (unpaired) electrons. The fraction of sp³-hybridized carbons (Fsp3) is 0.786. The molecule has 1 aromatic heterocycles. The molecular formula is C14H26N6O2. The van der Waals surface area contributed by atoms with Crippen molar-refractivity contribution in [3.05, 3.63) is 0 Å². The third-order valence-corrected chi connectivity index (χ3v) is 3.07. The molecule has 0 bridgehead atoms. The quantitative estimate of drug-likeness (QED) is 0.732. The van der Waals surface area contributed by atoms with Crippen LogP contribution in [0.15, 0.2) is 0 Å². The van der Waals surface area contributed by atoms with Gasteiger partial charge in [-0.3, -0.25) is 0 Å². The molecule has 8 heteroatoms. The van der Waals surface area contributed by atoms with Crippen molar-refractivity contribution in [2.24, 2.45) is 0 Å². The Hall–Kier alpha value is -1.67. The van der Waals surface area contributed by atoms with Gasteiger partial charge in [-0.2, -0.15) is 15.0 Å². The summed E-state index contributed by atoms with van der Waals surface area (Å²) in [6.07, 6.45) is -0.202. The molecule has 1 unspecified atom stereocenters. The number of hydrogen-bond donors (Lipinski definition) is 3. The largest absolute Gasteiger partial charge is 0.394 e. The first-order chi connectivity index (χ1) is 10.4. The van der Waals surface area contributed by atoms with Crippen molar-refractivity contribution in [3.63, 3.8) is 0 Å². The number of aromatic nitrogens is 3. The predicted molar refractivity (Wildman–Crippen MR) is 86.4 cm³/mol. The fourth-order valence-electron chi connectivity index (χ4n) is 2.15. The minimum atomic E-state index is -0.202. The van der Waals surface area contributed by atoms with Gasteiger partial charge in [-0.1, -0.05) is 0 Å². The molecule has 0 aliphatic carbocycles. The molecular weight excluding hydrogens is 284 g/mol. The van der Waals surface area contributed by atoms with E-state index in [-0.39, 0.29) is 18.2 Å². The van der Waals surface area contributed by atoms with Crippen molar-refractivity contribution in [2.75, 3.05) is 48.4 Å². The highest BCUT2D eigenvalue weighted by Crippen LogP contribution is 2.18. The smallest absolute Gasteiger partial charge is 0.232 e. The first-order valence-corrected chi connectivity index (χ1v) is 7.67. The van der Waals surface area contributed by atoms with Crippen LogP contribution in [0.25, 0.3) is 0 Å². The van der Waals surface area contributed by atoms with E-state index in [4.69, 9.17) is 4.74 Å². The van der Waals surface area contributed by atoms with Gasteiger partial charge in [0.05, 0.1) is 19.3 Å². The summed E-state index contributed by atoms with van der Waals surface area (Å²) in [7, 11) is 0. The maximum atomic E-state index is 9.27.